The summed E-state index contributed by atoms with van der Waals surface area (Å²) in [5, 5.41) is 8.75. The predicted molar refractivity (Wildman–Crippen MR) is 66.2 cm³/mol. The molecule has 1 aromatic heterocycles. The predicted octanol–water partition coefficient (Wildman–Crippen LogP) is 1.25. The number of carbonyl (C=O) groups is 1. The van der Waals surface area contributed by atoms with Gasteiger partial charge in [-0.2, -0.15) is 0 Å². The van der Waals surface area contributed by atoms with Gasteiger partial charge in [0.25, 0.3) is 10.0 Å². The van der Waals surface area contributed by atoms with E-state index in [1.807, 2.05) is 4.72 Å². The number of benzene rings is 1. The average Bonchev–Trinajstić information content (AvgIpc) is 2.41. The average molecular weight is 315 g/mol. The van der Waals surface area contributed by atoms with E-state index in [0.717, 1.165) is 6.20 Å². The molecule has 0 amide bonds. The third-order valence-electron chi connectivity index (χ3n) is 2.33. The van der Waals surface area contributed by atoms with Gasteiger partial charge in [-0.3, -0.25) is 9.71 Å². The zero-order chi connectivity index (χ0) is 15.6. The van der Waals surface area contributed by atoms with Gasteiger partial charge in [0.2, 0.25) is 0 Å². The number of halogens is 2. The summed E-state index contributed by atoms with van der Waals surface area (Å²) in [5.74, 6) is -5.09. The first-order valence-electron chi connectivity index (χ1n) is 5.32. The molecule has 0 radical (unpaired) electrons. The van der Waals surface area contributed by atoms with Gasteiger partial charge in [-0.1, -0.05) is 0 Å². The van der Waals surface area contributed by atoms with E-state index < -0.39 is 38.1 Å². The molecule has 0 aliphatic heterocycles. The quantitative estimate of drug-likeness (QED) is 0.879. The molecular formula is C11H7F2N3O4S. The number of hydrogen-bond donors (Lipinski definition) is 2. The second kappa shape index (κ2) is 5.40. The number of hydrogen-bond acceptors (Lipinski definition) is 5. The van der Waals surface area contributed by atoms with Crippen molar-refractivity contribution in [1.29, 1.82) is 0 Å². The zero-order valence-corrected chi connectivity index (χ0v) is 10.9. The second-order valence-electron chi connectivity index (χ2n) is 3.77. The first-order chi connectivity index (χ1) is 9.81. The molecule has 0 saturated heterocycles. The van der Waals surface area contributed by atoms with Crippen molar-refractivity contribution >= 4 is 21.8 Å². The van der Waals surface area contributed by atoms with E-state index in [4.69, 9.17) is 5.11 Å². The van der Waals surface area contributed by atoms with Crippen molar-refractivity contribution in [2.24, 2.45) is 0 Å². The van der Waals surface area contributed by atoms with Crippen LogP contribution in [0.25, 0.3) is 0 Å². The van der Waals surface area contributed by atoms with Crippen molar-refractivity contribution < 1.29 is 27.1 Å². The molecule has 2 rings (SSSR count). The topological polar surface area (TPSA) is 109 Å². The van der Waals surface area contributed by atoms with Crippen molar-refractivity contribution in [2.45, 2.75) is 4.90 Å². The van der Waals surface area contributed by atoms with Crippen LogP contribution in [0.15, 0.2) is 35.6 Å². The highest BCUT2D eigenvalue weighted by Crippen LogP contribution is 2.21. The monoisotopic (exact) mass is 315 g/mol. The molecule has 10 heteroatoms. The van der Waals surface area contributed by atoms with E-state index in [1.165, 1.54) is 12.4 Å². The lowest BCUT2D eigenvalue weighted by Gasteiger charge is -2.09. The Morgan fingerprint density at radius 3 is 2.52 bits per heavy atom. The smallest absolute Gasteiger partial charge is 0.335 e. The Morgan fingerprint density at radius 1 is 1.24 bits per heavy atom. The number of rotatable bonds is 4. The number of aromatic carboxylic acids is 1. The molecule has 0 aliphatic rings. The summed E-state index contributed by atoms with van der Waals surface area (Å²) >= 11 is 0. The molecule has 0 bridgehead atoms. The highest BCUT2D eigenvalue weighted by Gasteiger charge is 2.25. The summed E-state index contributed by atoms with van der Waals surface area (Å²) in [7, 11) is -4.55. The molecule has 7 nitrogen and oxygen atoms in total. The van der Waals surface area contributed by atoms with Gasteiger partial charge in [-0.25, -0.2) is 27.0 Å². The fourth-order valence-electron chi connectivity index (χ4n) is 1.43. The Morgan fingerprint density at radius 2 is 1.95 bits per heavy atom. The van der Waals surface area contributed by atoms with E-state index in [1.54, 1.807) is 0 Å². The molecule has 0 aliphatic carbocycles. The number of nitrogens with one attached hydrogen (secondary N) is 1. The molecule has 0 spiro atoms. The standard InChI is InChI=1S/C11H7F2N3O4S/c12-7-3-6(11(17)18)4-8(10(7)13)21(19,20)16-9-5-14-1-2-15-9/h1-5H,(H,15,16)(H,17,18). The molecule has 1 heterocycles. The normalized spacial score (nSPS) is 11.1. The largest absolute Gasteiger partial charge is 0.478 e. The number of carboxylic acids is 1. The number of nitrogens with zero attached hydrogens (tertiary/aromatic N) is 2. The van der Waals surface area contributed by atoms with Gasteiger partial charge >= 0.3 is 5.97 Å². The summed E-state index contributed by atoms with van der Waals surface area (Å²) in [6.45, 7) is 0. The summed E-state index contributed by atoms with van der Waals surface area (Å²) in [4.78, 5) is 16.9. The molecular weight excluding hydrogens is 308 g/mol. The number of sulfonamides is 1. The third kappa shape index (κ3) is 3.11. The molecule has 21 heavy (non-hydrogen) atoms. The van der Waals surface area contributed by atoms with Crippen LogP contribution in [0.3, 0.4) is 0 Å². The van der Waals surface area contributed by atoms with Gasteiger partial charge in [-0.15, -0.1) is 0 Å². The van der Waals surface area contributed by atoms with Crippen molar-refractivity contribution in [2.75, 3.05) is 4.72 Å². The summed E-state index contributed by atoms with van der Waals surface area (Å²) in [6, 6.07) is 0.901. The van der Waals surface area contributed by atoms with Crippen LogP contribution in [0.2, 0.25) is 0 Å². The van der Waals surface area contributed by atoms with E-state index in [9.17, 15) is 22.0 Å². The Kier molecular flexibility index (Phi) is 3.80. The second-order valence-corrected chi connectivity index (χ2v) is 5.42. The minimum Gasteiger partial charge on any atom is -0.478 e. The van der Waals surface area contributed by atoms with Gasteiger partial charge < -0.3 is 5.11 Å². The number of carboxylic acid groups (broad SMARTS) is 1. The van der Waals surface area contributed by atoms with Crippen LogP contribution in [0.4, 0.5) is 14.6 Å². The molecule has 1 aromatic carbocycles. The molecule has 0 saturated carbocycles. The van der Waals surface area contributed by atoms with Crippen LogP contribution in [0.5, 0.6) is 0 Å². The summed E-state index contributed by atoms with van der Waals surface area (Å²) < 4.78 is 52.7. The molecule has 110 valence electrons. The first-order valence-corrected chi connectivity index (χ1v) is 6.81. The lowest BCUT2D eigenvalue weighted by molar-refractivity contribution is 0.0696. The lowest BCUT2D eigenvalue weighted by Crippen LogP contribution is -2.17. The molecule has 0 unspecified atom stereocenters. The van der Waals surface area contributed by atoms with Crippen molar-refractivity contribution in [3.05, 3.63) is 47.9 Å². The third-order valence-corrected chi connectivity index (χ3v) is 3.69. The van der Waals surface area contributed by atoms with Gasteiger partial charge in [0.1, 0.15) is 4.90 Å². The van der Waals surface area contributed by atoms with E-state index in [0.29, 0.717) is 12.1 Å². The maximum atomic E-state index is 13.6. The van der Waals surface area contributed by atoms with E-state index in [2.05, 4.69) is 9.97 Å². The Balaban J connectivity index is 2.52. The molecule has 0 fully saturated rings. The van der Waals surface area contributed by atoms with Gasteiger partial charge in [0.15, 0.2) is 17.5 Å². The van der Waals surface area contributed by atoms with E-state index >= 15 is 0 Å². The maximum absolute atomic E-state index is 13.6. The SMILES string of the molecule is O=C(O)c1cc(F)c(F)c(S(=O)(=O)Nc2cnccn2)c1. The van der Waals surface area contributed by atoms with Gasteiger partial charge in [0.05, 0.1) is 11.8 Å². The van der Waals surface area contributed by atoms with Gasteiger partial charge in [0, 0.05) is 12.4 Å². The Labute approximate surface area is 117 Å². The Bertz CT molecular complexity index is 797. The number of anilines is 1. The summed E-state index contributed by atoms with van der Waals surface area (Å²) in [6.07, 6.45) is 3.51. The highest BCUT2D eigenvalue weighted by molar-refractivity contribution is 7.92. The van der Waals surface area contributed by atoms with Crippen molar-refractivity contribution in [3.8, 4) is 0 Å². The van der Waals surface area contributed by atoms with Crippen LogP contribution in [0.1, 0.15) is 10.4 Å². The van der Waals surface area contributed by atoms with Crippen LogP contribution in [0, 0.1) is 11.6 Å². The highest BCUT2D eigenvalue weighted by atomic mass is 32.2. The fourth-order valence-corrected chi connectivity index (χ4v) is 2.53. The lowest BCUT2D eigenvalue weighted by atomic mass is 10.2. The molecule has 2 aromatic rings. The zero-order valence-electron chi connectivity index (χ0n) is 10.1. The van der Waals surface area contributed by atoms with Crippen molar-refractivity contribution in [3.63, 3.8) is 0 Å². The van der Waals surface area contributed by atoms with Crippen LogP contribution >= 0.6 is 0 Å². The minimum atomic E-state index is -4.55. The van der Waals surface area contributed by atoms with Crippen LogP contribution in [-0.4, -0.2) is 29.5 Å². The molecule has 0 atom stereocenters. The maximum Gasteiger partial charge on any atom is 0.335 e. The van der Waals surface area contributed by atoms with E-state index in [-0.39, 0.29) is 5.82 Å². The first kappa shape index (κ1) is 14.8. The minimum absolute atomic E-state index is 0.224. The number of aromatic nitrogens is 2. The van der Waals surface area contributed by atoms with Gasteiger partial charge in [-0.05, 0) is 12.1 Å². The van der Waals surface area contributed by atoms with Crippen LogP contribution < -0.4 is 4.72 Å². The van der Waals surface area contributed by atoms with Crippen molar-refractivity contribution in [1.82, 2.24) is 9.97 Å². The summed E-state index contributed by atoms with van der Waals surface area (Å²) in [5.41, 5.74) is -0.701. The fraction of sp³-hybridized carbons (Fsp3) is 0. The molecule has 2 N–H and O–H groups in total. The van der Waals surface area contributed by atoms with Crippen LogP contribution in [-0.2, 0) is 10.0 Å². The Hall–Kier alpha value is -2.62.